The Morgan fingerprint density at radius 1 is 1.10 bits per heavy atom. The lowest BCUT2D eigenvalue weighted by Crippen LogP contribution is -2.59. The van der Waals surface area contributed by atoms with Crippen LogP contribution in [0.3, 0.4) is 0 Å². The molecule has 0 unspecified atom stereocenters. The minimum absolute atomic E-state index is 0.186. The fraction of sp³-hybridized carbons (Fsp3) is 0.208. The van der Waals surface area contributed by atoms with Crippen LogP contribution in [0, 0.1) is 5.92 Å². The number of ether oxygens (including phenoxy) is 1. The van der Waals surface area contributed by atoms with Gasteiger partial charge in [-0.2, -0.15) is 0 Å². The van der Waals surface area contributed by atoms with Crippen molar-refractivity contribution in [2.24, 2.45) is 5.92 Å². The van der Waals surface area contributed by atoms with Gasteiger partial charge < -0.3 is 9.64 Å². The Balaban J connectivity index is 1.89. The zero-order chi connectivity index (χ0) is 20.6. The molecule has 4 rings (SSSR count). The van der Waals surface area contributed by atoms with Crippen LogP contribution in [-0.2, 0) is 20.7 Å². The van der Waals surface area contributed by atoms with Gasteiger partial charge in [0.05, 0.1) is 7.11 Å². The molecule has 0 radical (unpaired) electrons. The van der Waals surface area contributed by atoms with Crippen LogP contribution in [0.1, 0.15) is 15.9 Å². The van der Waals surface area contributed by atoms with Crippen molar-refractivity contribution in [1.29, 1.82) is 0 Å². The molecule has 1 aliphatic heterocycles. The van der Waals surface area contributed by atoms with E-state index in [2.05, 4.69) is 6.58 Å². The van der Waals surface area contributed by atoms with Crippen LogP contribution in [0.4, 0.5) is 0 Å². The monoisotopic (exact) mass is 387 g/mol. The second-order valence-corrected chi connectivity index (χ2v) is 7.38. The van der Waals surface area contributed by atoms with Gasteiger partial charge >= 0.3 is 5.97 Å². The number of ketones is 1. The maximum absolute atomic E-state index is 13.5. The van der Waals surface area contributed by atoms with Gasteiger partial charge in [0.2, 0.25) is 0 Å². The lowest BCUT2D eigenvalue weighted by molar-refractivity contribution is -0.153. The predicted molar refractivity (Wildman–Crippen MR) is 108 cm³/mol. The normalized spacial score (nSPS) is 23.0. The van der Waals surface area contributed by atoms with E-state index in [0.717, 1.165) is 11.1 Å². The summed E-state index contributed by atoms with van der Waals surface area (Å²) >= 11 is 0. The van der Waals surface area contributed by atoms with Gasteiger partial charge in [0.1, 0.15) is 0 Å². The number of amides is 1. The quantitative estimate of drug-likeness (QED) is 0.598. The highest BCUT2D eigenvalue weighted by molar-refractivity contribution is 6.11. The van der Waals surface area contributed by atoms with E-state index in [1.54, 1.807) is 29.2 Å². The minimum Gasteiger partial charge on any atom is -0.467 e. The lowest BCUT2D eigenvalue weighted by atomic mass is 9.76. The summed E-state index contributed by atoms with van der Waals surface area (Å²) in [4.78, 5) is 40.7. The van der Waals surface area contributed by atoms with Crippen molar-refractivity contribution in [2.45, 2.75) is 12.0 Å². The van der Waals surface area contributed by atoms with Crippen LogP contribution in [0.2, 0.25) is 0 Å². The number of benzene rings is 2. The first-order chi connectivity index (χ1) is 14.0. The van der Waals surface area contributed by atoms with Crippen molar-refractivity contribution in [1.82, 2.24) is 4.90 Å². The Kier molecular flexibility index (Phi) is 4.66. The molecule has 0 spiro atoms. The molecule has 5 nitrogen and oxygen atoms in total. The Morgan fingerprint density at radius 3 is 2.34 bits per heavy atom. The van der Waals surface area contributed by atoms with Gasteiger partial charge in [-0.1, -0.05) is 55.1 Å². The highest BCUT2D eigenvalue weighted by Gasteiger charge is 2.62. The average Bonchev–Trinajstić information content (AvgIpc) is 3.22. The highest BCUT2D eigenvalue weighted by atomic mass is 16.5. The van der Waals surface area contributed by atoms with E-state index in [9.17, 15) is 14.4 Å². The Labute approximate surface area is 169 Å². The topological polar surface area (TPSA) is 63.7 Å². The second kappa shape index (κ2) is 7.17. The first-order valence-electron chi connectivity index (χ1n) is 9.42. The SMILES string of the molecule is C=C1C(=O)C=C2CN(C(=O)c3ccccc3)[C@@](Cc3ccccc3)(C(=O)OC)[C@@H]12. The Morgan fingerprint density at radius 2 is 1.72 bits per heavy atom. The number of rotatable bonds is 4. The van der Waals surface area contributed by atoms with E-state index in [4.69, 9.17) is 4.74 Å². The summed E-state index contributed by atoms with van der Waals surface area (Å²) in [5, 5.41) is 0. The Bertz CT molecular complexity index is 1030. The molecule has 2 aliphatic rings. The number of methoxy groups -OCH3 is 1. The Hall–Kier alpha value is -3.47. The number of carbonyl (C=O) groups excluding carboxylic acids is 3. The van der Waals surface area contributed by atoms with Crippen LogP contribution in [0.25, 0.3) is 0 Å². The zero-order valence-corrected chi connectivity index (χ0v) is 16.1. The van der Waals surface area contributed by atoms with E-state index in [1.807, 2.05) is 36.4 Å². The summed E-state index contributed by atoms with van der Waals surface area (Å²) in [6.45, 7) is 4.14. The van der Waals surface area contributed by atoms with Crippen LogP contribution < -0.4 is 0 Å². The molecule has 2 aromatic carbocycles. The molecule has 146 valence electrons. The van der Waals surface area contributed by atoms with Crippen LogP contribution in [-0.4, -0.2) is 41.8 Å². The fourth-order valence-electron chi connectivity index (χ4n) is 4.49. The molecule has 5 heteroatoms. The molecule has 2 aromatic rings. The summed E-state index contributed by atoms with van der Waals surface area (Å²) in [5.41, 5.74) is 1.04. The molecule has 2 atom stereocenters. The predicted octanol–water partition coefficient (Wildman–Crippen LogP) is 2.98. The van der Waals surface area contributed by atoms with E-state index in [0.29, 0.717) is 11.1 Å². The molecule has 0 N–H and O–H groups in total. The number of hydrogen-bond acceptors (Lipinski definition) is 4. The summed E-state index contributed by atoms with van der Waals surface area (Å²) in [6, 6.07) is 18.3. The van der Waals surface area contributed by atoms with Crippen molar-refractivity contribution >= 4 is 17.7 Å². The molecule has 29 heavy (non-hydrogen) atoms. The van der Waals surface area contributed by atoms with Crippen LogP contribution >= 0.6 is 0 Å². The van der Waals surface area contributed by atoms with E-state index >= 15 is 0 Å². The number of hydrogen-bond donors (Lipinski definition) is 0. The first kappa shape index (κ1) is 18.9. The smallest absolute Gasteiger partial charge is 0.333 e. The summed E-state index contributed by atoms with van der Waals surface area (Å²) < 4.78 is 5.21. The van der Waals surface area contributed by atoms with Crippen molar-refractivity contribution < 1.29 is 19.1 Å². The van der Waals surface area contributed by atoms with Gasteiger partial charge in [-0.25, -0.2) is 4.79 Å². The van der Waals surface area contributed by atoms with Gasteiger partial charge in [0.25, 0.3) is 5.91 Å². The van der Waals surface area contributed by atoms with Gasteiger partial charge in [-0.3, -0.25) is 9.59 Å². The van der Waals surface area contributed by atoms with E-state index < -0.39 is 17.4 Å². The molecule has 1 fully saturated rings. The molecular weight excluding hydrogens is 366 g/mol. The molecule has 1 heterocycles. The third-order valence-corrected chi connectivity index (χ3v) is 5.77. The van der Waals surface area contributed by atoms with Crippen molar-refractivity contribution in [3.63, 3.8) is 0 Å². The number of esters is 1. The number of allylic oxidation sites excluding steroid dienone is 1. The molecule has 1 saturated heterocycles. The summed E-state index contributed by atoms with van der Waals surface area (Å²) in [6.07, 6.45) is 1.74. The maximum Gasteiger partial charge on any atom is 0.333 e. The number of nitrogens with zero attached hydrogens (tertiary/aromatic N) is 1. The largest absolute Gasteiger partial charge is 0.467 e. The van der Waals surface area contributed by atoms with Crippen molar-refractivity contribution in [3.05, 3.63) is 95.6 Å². The molecular formula is C24H21NO4. The summed E-state index contributed by atoms with van der Waals surface area (Å²) in [5.74, 6) is -1.61. The summed E-state index contributed by atoms with van der Waals surface area (Å²) in [7, 11) is 1.31. The first-order valence-corrected chi connectivity index (χ1v) is 9.42. The van der Waals surface area contributed by atoms with Gasteiger partial charge in [-0.05, 0) is 29.3 Å². The number of fused-ring (bicyclic) bond motifs is 1. The fourth-order valence-corrected chi connectivity index (χ4v) is 4.49. The second-order valence-electron chi connectivity index (χ2n) is 7.38. The van der Waals surface area contributed by atoms with Gasteiger partial charge in [0, 0.05) is 30.0 Å². The van der Waals surface area contributed by atoms with Crippen molar-refractivity contribution in [2.75, 3.05) is 13.7 Å². The average molecular weight is 387 g/mol. The van der Waals surface area contributed by atoms with E-state index in [1.165, 1.54) is 13.2 Å². The molecule has 0 bridgehead atoms. The van der Waals surface area contributed by atoms with Crippen molar-refractivity contribution in [3.8, 4) is 0 Å². The number of carbonyl (C=O) groups is 3. The minimum atomic E-state index is -1.36. The molecule has 1 aliphatic carbocycles. The third kappa shape index (κ3) is 2.90. The van der Waals surface area contributed by atoms with Gasteiger partial charge in [0.15, 0.2) is 11.3 Å². The number of likely N-dealkylation sites (tertiary alicyclic amines) is 1. The zero-order valence-electron chi connectivity index (χ0n) is 16.1. The van der Waals surface area contributed by atoms with Gasteiger partial charge in [-0.15, -0.1) is 0 Å². The third-order valence-electron chi connectivity index (χ3n) is 5.77. The standard InChI is InChI=1S/C24H21NO4/c1-16-20(26)13-19-15-25(22(27)18-11-7-4-8-12-18)24(21(16)19,23(28)29-2)14-17-9-5-3-6-10-17/h3-13,21H,1,14-15H2,2H3/t21-,24+/m0/s1. The maximum atomic E-state index is 13.5. The molecule has 0 saturated carbocycles. The van der Waals surface area contributed by atoms with E-state index in [-0.39, 0.29) is 24.7 Å². The van der Waals surface area contributed by atoms with Crippen LogP contribution in [0.5, 0.6) is 0 Å². The highest BCUT2D eigenvalue weighted by Crippen LogP contribution is 2.49. The molecule has 0 aromatic heterocycles. The molecule has 1 amide bonds. The lowest BCUT2D eigenvalue weighted by Gasteiger charge is -2.39. The van der Waals surface area contributed by atoms with Crippen LogP contribution in [0.15, 0.2) is 84.5 Å².